The van der Waals surface area contributed by atoms with Gasteiger partial charge >= 0.3 is 0 Å². The van der Waals surface area contributed by atoms with Crippen LogP contribution >= 0.6 is 27.3 Å². The Hall–Kier alpha value is -1.11. The van der Waals surface area contributed by atoms with Gasteiger partial charge in [-0.1, -0.05) is 27.3 Å². The second kappa shape index (κ2) is 5.29. The predicted molar refractivity (Wildman–Crippen MR) is 68.4 cm³/mol. The van der Waals surface area contributed by atoms with Crippen molar-refractivity contribution in [3.63, 3.8) is 0 Å². The number of aromatic nitrogens is 1. The molecular weight excluding hydrogens is 290 g/mol. The summed E-state index contributed by atoms with van der Waals surface area (Å²) in [5, 5.41) is 0.689. The number of hydrogen-bond acceptors (Lipinski definition) is 5. The molecule has 0 atom stereocenters. The van der Waals surface area contributed by atoms with Gasteiger partial charge in [-0.3, -0.25) is 5.43 Å². The summed E-state index contributed by atoms with van der Waals surface area (Å²) in [6, 6.07) is 7.70. The van der Waals surface area contributed by atoms with E-state index in [-0.39, 0.29) is 0 Å². The molecule has 0 radical (unpaired) electrons. The Morgan fingerprint density at radius 3 is 2.75 bits per heavy atom. The van der Waals surface area contributed by atoms with Gasteiger partial charge in [-0.25, -0.2) is 10.8 Å². The highest BCUT2D eigenvalue weighted by Gasteiger charge is 2.01. The quantitative estimate of drug-likeness (QED) is 0.673. The second-order valence-electron chi connectivity index (χ2n) is 3.02. The van der Waals surface area contributed by atoms with E-state index in [1.807, 2.05) is 24.3 Å². The molecule has 16 heavy (non-hydrogen) atoms. The van der Waals surface area contributed by atoms with Gasteiger partial charge in [0.2, 0.25) is 0 Å². The monoisotopic (exact) mass is 299 g/mol. The molecule has 0 aliphatic carbocycles. The first-order chi connectivity index (χ1) is 7.78. The van der Waals surface area contributed by atoms with Gasteiger partial charge in [0, 0.05) is 10.7 Å². The average molecular weight is 300 g/mol. The van der Waals surface area contributed by atoms with E-state index in [1.54, 1.807) is 6.20 Å². The molecule has 0 saturated heterocycles. The van der Waals surface area contributed by atoms with Gasteiger partial charge in [0.1, 0.15) is 12.4 Å². The molecule has 4 nitrogen and oxygen atoms in total. The molecule has 0 aliphatic rings. The molecule has 1 heterocycles. The third-order valence-electron chi connectivity index (χ3n) is 1.87. The Balaban J connectivity index is 1.94. The summed E-state index contributed by atoms with van der Waals surface area (Å²) in [5.74, 6) is 6.07. The van der Waals surface area contributed by atoms with Crippen LogP contribution in [0.2, 0.25) is 0 Å². The number of benzene rings is 1. The van der Waals surface area contributed by atoms with Crippen LogP contribution in [0.3, 0.4) is 0 Å². The van der Waals surface area contributed by atoms with E-state index in [0.717, 1.165) is 15.1 Å². The molecule has 2 rings (SSSR count). The molecule has 0 unspecified atom stereocenters. The number of anilines is 1. The molecule has 6 heteroatoms. The smallest absolute Gasteiger partial charge is 0.197 e. The maximum atomic E-state index is 5.59. The average Bonchev–Trinajstić information content (AvgIpc) is 2.76. The zero-order valence-electron chi connectivity index (χ0n) is 8.31. The highest BCUT2D eigenvalue weighted by molar-refractivity contribution is 9.10. The number of nitrogens with zero attached hydrogens (tertiary/aromatic N) is 1. The Kier molecular flexibility index (Phi) is 3.76. The maximum absolute atomic E-state index is 5.59. The van der Waals surface area contributed by atoms with Crippen molar-refractivity contribution < 1.29 is 4.74 Å². The summed E-state index contributed by atoms with van der Waals surface area (Å²) in [4.78, 5) is 5.08. The molecule has 84 valence electrons. The lowest BCUT2D eigenvalue weighted by Crippen LogP contribution is -2.05. The van der Waals surface area contributed by atoms with Crippen molar-refractivity contribution in [2.24, 2.45) is 5.84 Å². The minimum absolute atomic E-state index is 0.501. The van der Waals surface area contributed by atoms with Crippen molar-refractivity contribution in [2.75, 3.05) is 5.43 Å². The van der Waals surface area contributed by atoms with E-state index in [1.165, 1.54) is 11.3 Å². The SMILES string of the molecule is NNc1ncc(COc2ccc(Br)cc2)s1. The van der Waals surface area contributed by atoms with Crippen LogP contribution in [0.5, 0.6) is 5.75 Å². The van der Waals surface area contributed by atoms with E-state index in [4.69, 9.17) is 10.6 Å². The summed E-state index contributed by atoms with van der Waals surface area (Å²) in [6.07, 6.45) is 1.75. The van der Waals surface area contributed by atoms with Crippen molar-refractivity contribution >= 4 is 32.4 Å². The van der Waals surface area contributed by atoms with Gasteiger partial charge in [0.05, 0.1) is 4.88 Å². The minimum Gasteiger partial charge on any atom is -0.488 e. The van der Waals surface area contributed by atoms with Crippen LogP contribution in [0.1, 0.15) is 4.88 Å². The van der Waals surface area contributed by atoms with Crippen molar-refractivity contribution in [1.29, 1.82) is 0 Å². The third kappa shape index (κ3) is 2.94. The molecule has 0 saturated carbocycles. The topological polar surface area (TPSA) is 60.2 Å². The molecular formula is C10H10BrN3OS. The molecule has 0 amide bonds. The number of hydrogen-bond donors (Lipinski definition) is 2. The standard InChI is InChI=1S/C10H10BrN3OS/c11-7-1-3-8(4-2-7)15-6-9-5-13-10(14-12)16-9/h1-5H,6,12H2,(H,13,14). The molecule has 0 spiro atoms. The highest BCUT2D eigenvalue weighted by Crippen LogP contribution is 2.20. The number of halogens is 1. The van der Waals surface area contributed by atoms with Gasteiger partial charge in [-0.15, -0.1) is 0 Å². The fourth-order valence-electron chi connectivity index (χ4n) is 1.13. The number of thiazole rings is 1. The second-order valence-corrected chi connectivity index (χ2v) is 5.05. The van der Waals surface area contributed by atoms with Gasteiger partial charge in [-0.05, 0) is 24.3 Å². The lowest BCUT2D eigenvalue weighted by atomic mass is 10.3. The van der Waals surface area contributed by atoms with Crippen molar-refractivity contribution in [2.45, 2.75) is 6.61 Å². The predicted octanol–water partition coefficient (Wildman–Crippen LogP) is 2.77. The van der Waals surface area contributed by atoms with Gasteiger partial charge in [0.15, 0.2) is 5.13 Å². The number of ether oxygens (including phenoxy) is 1. The maximum Gasteiger partial charge on any atom is 0.197 e. The zero-order valence-corrected chi connectivity index (χ0v) is 10.7. The third-order valence-corrected chi connectivity index (χ3v) is 3.30. The van der Waals surface area contributed by atoms with Crippen molar-refractivity contribution in [1.82, 2.24) is 4.98 Å². The first kappa shape index (κ1) is 11.4. The van der Waals surface area contributed by atoms with Crippen LogP contribution in [0.4, 0.5) is 5.13 Å². The Morgan fingerprint density at radius 2 is 2.12 bits per heavy atom. The van der Waals surface area contributed by atoms with Crippen molar-refractivity contribution in [3.05, 3.63) is 39.8 Å². The van der Waals surface area contributed by atoms with Crippen LogP contribution in [-0.4, -0.2) is 4.98 Å². The molecule has 0 bridgehead atoms. The van der Waals surface area contributed by atoms with Crippen LogP contribution < -0.4 is 16.0 Å². The van der Waals surface area contributed by atoms with Crippen LogP contribution in [-0.2, 0) is 6.61 Å². The molecule has 2 aromatic rings. The lowest BCUT2D eigenvalue weighted by molar-refractivity contribution is 0.309. The van der Waals surface area contributed by atoms with Crippen LogP contribution in [0.25, 0.3) is 0 Å². The summed E-state index contributed by atoms with van der Waals surface area (Å²) in [7, 11) is 0. The van der Waals surface area contributed by atoms with Crippen LogP contribution in [0, 0.1) is 0 Å². The van der Waals surface area contributed by atoms with Gasteiger partial charge in [-0.2, -0.15) is 0 Å². The summed E-state index contributed by atoms with van der Waals surface area (Å²) in [6.45, 7) is 0.501. The first-order valence-corrected chi connectivity index (χ1v) is 6.18. The number of rotatable bonds is 4. The molecule has 3 N–H and O–H groups in total. The Bertz CT molecular complexity index is 457. The van der Waals surface area contributed by atoms with E-state index >= 15 is 0 Å². The number of hydrazine groups is 1. The molecule has 1 aromatic carbocycles. The highest BCUT2D eigenvalue weighted by atomic mass is 79.9. The largest absolute Gasteiger partial charge is 0.488 e. The fourth-order valence-corrected chi connectivity index (χ4v) is 2.03. The number of nitrogens with one attached hydrogen (secondary N) is 1. The lowest BCUT2D eigenvalue weighted by Gasteiger charge is -2.03. The number of nitrogens with two attached hydrogens (primary N) is 1. The normalized spacial score (nSPS) is 10.1. The van der Waals surface area contributed by atoms with Crippen LogP contribution in [0.15, 0.2) is 34.9 Å². The van der Waals surface area contributed by atoms with E-state index in [2.05, 4.69) is 26.3 Å². The van der Waals surface area contributed by atoms with E-state index in [0.29, 0.717) is 11.7 Å². The molecule has 1 aromatic heterocycles. The van der Waals surface area contributed by atoms with E-state index in [9.17, 15) is 0 Å². The van der Waals surface area contributed by atoms with Gasteiger partial charge in [0.25, 0.3) is 0 Å². The molecule has 0 aliphatic heterocycles. The summed E-state index contributed by atoms with van der Waals surface area (Å²) >= 11 is 4.84. The Morgan fingerprint density at radius 1 is 1.38 bits per heavy atom. The van der Waals surface area contributed by atoms with Gasteiger partial charge < -0.3 is 4.74 Å². The van der Waals surface area contributed by atoms with Crippen molar-refractivity contribution in [3.8, 4) is 5.75 Å². The zero-order chi connectivity index (χ0) is 11.4. The Labute approximate surface area is 106 Å². The van der Waals surface area contributed by atoms with E-state index < -0.39 is 0 Å². The summed E-state index contributed by atoms with van der Waals surface area (Å²) < 4.78 is 6.62. The molecule has 0 fully saturated rings. The number of nitrogen functional groups attached to an aromatic ring is 1. The fraction of sp³-hybridized carbons (Fsp3) is 0.100. The minimum atomic E-state index is 0.501. The summed E-state index contributed by atoms with van der Waals surface area (Å²) in [5.41, 5.74) is 2.50. The first-order valence-electron chi connectivity index (χ1n) is 4.57.